The minimum Gasteiger partial charge on any atom is -0.481 e. The summed E-state index contributed by atoms with van der Waals surface area (Å²) < 4.78 is 0. The smallest absolute Gasteiger partial charge is 0.315 e. The molecule has 1 atom stereocenters. The fraction of sp³-hybridized carbons (Fsp3) is 0.188. The van der Waals surface area contributed by atoms with Gasteiger partial charge in [-0.1, -0.05) is 54.1 Å². The van der Waals surface area contributed by atoms with Gasteiger partial charge < -0.3 is 5.11 Å². The zero-order chi connectivity index (χ0) is 13.1. The molecule has 1 N–H and O–H groups in total. The average Bonchev–Trinajstić information content (AvgIpc) is 2.33. The minimum atomic E-state index is -0.812. The number of carbonyl (C=O) groups is 1. The van der Waals surface area contributed by atoms with Crippen molar-refractivity contribution in [2.24, 2.45) is 0 Å². The summed E-state index contributed by atoms with van der Waals surface area (Å²) in [5.74, 6) is -1.40. The van der Waals surface area contributed by atoms with Crippen LogP contribution in [0.25, 0.3) is 0 Å². The van der Waals surface area contributed by atoms with E-state index in [0.29, 0.717) is 0 Å². The van der Waals surface area contributed by atoms with Crippen LogP contribution >= 0.6 is 0 Å². The van der Waals surface area contributed by atoms with Crippen molar-refractivity contribution in [1.29, 1.82) is 0 Å². The van der Waals surface area contributed by atoms with Gasteiger partial charge >= 0.3 is 5.97 Å². The lowest BCUT2D eigenvalue weighted by Crippen LogP contribution is -2.14. The van der Waals surface area contributed by atoms with Gasteiger partial charge in [-0.2, -0.15) is 0 Å². The Hall–Kier alpha value is -2.09. The molecule has 0 spiro atoms. The zero-order valence-corrected chi connectivity index (χ0v) is 10.6. The van der Waals surface area contributed by atoms with Crippen LogP contribution in [0, 0.1) is 13.8 Å². The summed E-state index contributed by atoms with van der Waals surface area (Å²) in [5.41, 5.74) is 3.84. The lowest BCUT2D eigenvalue weighted by Gasteiger charge is -2.16. The summed E-state index contributed by atoms with van der Waals surface area (Å²) in [4.78, 5) is 11.5. The molecule has 0 heterocycles. The van der Waals surface area contributed by atoms with Crippen LogP contribution < -0.4 is 0 Å². The maximum Gasteiger partial charge on any atom is 0.315 e. The van der Waals surface area contributed by atoms with Crippen molar-refractivity contribution in [3.8, 4) is 0 Å². The molecule has 2 aromatic carbocycles. The van der Waals surface area contributed by atoms with Crippen molar-refractivity contribution in [3.05, 3.63) is 70.8 Å². The van der Waals surface area contributed by atoms with Crippen LogP contribution in [0.15, 0.2) is 48.5 Å². The number of benzene rings is 2. The SMILES string of the molecule is Cc1ccc(C(C(=O)O)c2ccccc2)c(C)c1. The first-order chi connectivity index (χ1) is 8.59. The van der Waals surface area contributed by atoms with E-state index in [2.05, 4.69) is 0 Å². The summed E-state index contributed by atoms with van der Waals surface area (Å²) in [6, 6.07) is 15.2. The van der Waals surface area contributed by atoms with Crippen LogP contribution in [0.2, 0.25) is 0 Å². The Bertz CT molecular complexity index is 559. The molecule has 0 aliphatic heterocycles. The van der Waals surface area contributed by atoms with E-state index in [1.54, 1.807) is 0 Å². The first-order valence-electron chi connectivity index (χ1n) is 5.94. The molecule has 0 saturated heterocycles. The summed E-state index contributed by atoms with van der Waals surface area (Å²) in [6.45, 7) is 3.97. The third-order valence-corrected chi connectivity index (χ3v) is 3.12. The van der Waals surface area contributed by atoms with E-state index in [1.807, 2.05) is 62.4 Å². The average molecular weight is 240 g/mol. The van der Waals surface area contributed by atoms with Gasteiger partial charge in [-0.05, 0) is 30.5 Å². The van der Waals surface area contributed by atoms with Crippen molar-refractivity contribution in [2.75, 3.05) is 0 Å². The molecule has 18 heavy (non-hydrogen) atoms. The van der Waals surface area contributed by atoms with E-state index >= 15 is 0 Å². The summed E-state index contributed by atoms with van der Waals surface area (Å²) in [6.07, 6.45) is 0. The van der Waals surface area contributed by atoms with Crippen LogP contribution in [-0.4, -0.2) is 11.1 Å². The van der Waals surface area contributed by atoms with Gasteiger partial charge in [-0.3, -0.25) is 4.79 Å². The first kappa shape index (κ1) is 12.4. The maximum atomic E-state index is 11.5. The third-order valence-electron chi connectivity index (χ3n) is 3.12. The number of hydrogen-bond donors (Lipinski definition) is 1. The molecule has 0 aliphatic rings. The van der Waals surface area contributed by atoms with E-state index in [9.17, 15) is 9.90 Å². The molecule has 0 fully saturated rings. The Morgan fingerprint density at radius 2 is 1.72 bits per heavy atom. The number of carboxylic acid groups (broad SMARTS) is 1. The first-order valence-corrected chi connectivity index (χ1v) is 5.94. The molecule has 0 radical (unpaired) electrons. The van der Waals surface area contributed by atoms with Crippen LogP contribution in [-0.2, 0) is 4.79 Å². The van der Waals surface area contributed by atoms with Crippen LogP contribution in [0.3, 0.4) is 0 Å². The van der Waals surface area contributed by atoms with E-state index in [1.165, 1.54) is 0 Å². The molecule has 1 unspecified atom stereocenters. The van der Waals surface area contributed by atoms with E-state index in [-0.39, 0.29) is 0 Å². The van der Waals surface area contributed by atoms with Gasteiger partial charge in [-0.25, -0.2) is 0 Å². The van der Waals surface area contributed by atoms with Crippen LogP contribution in [0.4, 0.5) is 0 Å². The van der Waals surface area contributed by atoms with E-state index in [4.69, 9.17) is 0 Å². The number of rotatable bonds is 3. The summed E-state index contributed by atoms with van der Waals surface area (Å²) >= 11 is 0. The predicted molar refractivity (Wildman–Crippen MR) is 71.8 cm³/mol. The predicted octanol–water partition coefficient (Wildman–Crippen LogP) is 3.52. The monoisotopic (exact) mass is 240 g/mol. The largest absolute Gasteiger partial charge is 0.481 e. The number of aliphatic carboxylic acids is 1. The topological polar surface area (TPSA) is 37.3 Å². The highest BCUT2D eigenvalue weighted by atomic mass is 16.4. The van der Waals surface area contributed by atoms with Crippen LogP contribution in [0.5, 0.6) is 0 Å². The molecule has 0 aromatic heterocycles. The molecule has 0 aliphatic carbocycles. The molecular weight excluding hydrogens is 224 g/mol. The normalized spacial score (nSPS) is 12.1. The molecule has 2 heteroatoms. The highest BCUT2D eigenvalue weighted by molar-refractivity contribution is 5.81. The molecule has 2 nitrogen and oxygen atoms in total. The fourth-order valence-electron chi connectivity index (χ4n) is 2.25. The van der Waals surface area contributed by atoms with Gasteiger partial charge in [0.2, 0.25) is 0 Å². The Kier molecular flexibility index (Phi) is 3.47. The number of hydrogen-bond acceptors (Lipinski definition) is 1. The lowest BCUT2D eigenvalue weighted by atomic mass is 9.88. The Labute approximate surface area is 107 Å². The van der Waals surface area contributed by atoms with Crippen molar-refractivity contribution >= 4 is 5.97 Å². The maximum absolute atomic E-state index is 11.5. The van der Waals surface area contributed by atoms with E-state index in [0.717, 1.165) is 22.3 Å². The quantitative estimate of drug-likeness (QED) is 0.891. The summed E-state index contributed by atoms with van der Waals surface area (Å²) in [7, 11) is 0. The Morgan fingerprint density at radius 3 is 2.28 bits per heavy atom. The number of carboxylic acids is 1. The van der Waals surface area contributed by atoms with Gasteiger partial charge in [0.25, 0.3) is 0 Å². The molecular formula is C16H16O2. The van der Waals surface area contributed by atoms with Gasteiger partial charge in [-0.15, -0.1) is 0 Å². The fourth-order valence-corrected chi connectivity index (χ4v) is 2.25. The van der Waals surface area contributed by atoms with Gasteiger partial charge in [0, 0.05) is 0 Å². The van der Waals surface area contributed by atoms with E-state index < -0.39 is 11.9 Å². The number of aryl methyl sites for hydroxylation is 2. The van der Waals surface area contributed by atoms with Gasteiger partial charge in [0.05, 0.1) is 0 Å². The molecule has 0 bridgehead atoms. The molecule has 0 amide bonds. The standard InChI is InChI=1S/C16H16O2/c1-11-8-9-14(12(2)10-11)15(16(17)18)13-6-4-3-5-7-13/h3-10,15H,1-2H3,(H,17,18). The third kappa shape index (κ3) is 2.43. The highest BCUT2D eigenvalue weighted by Gasteiger charge is 2.23. The van der Waals surface area contributed by atoms with Crippen LogP contribution in [0.1, 0.15) is 28.2 Å². The van der Waals surface area contributed by atoms with Gasteiger partial charge in [0.15, 0.2) is 0 Å². The minimum absolute atomic E-state index is 0.591. The Morgan fingerprint density at radius 1 is 1.06 bits per heavy atom. The zero-order valence-electron chi connectivity index (χ0n) is 10.6. The van der Waals surface area contributed by atoms with Crippen molar-refractivity contribution in [2.45, 2.75) is 19.8 Å². The van der Waals surface area contributed by atoms with Crippen molar-refractivity contribution in [1.82, 2.24) is 0 Å². The second-order valence-electron chi connectivity index (χ2n) is 4.54. The second kappa shape index (κ2) is 5.05. The molecule has 0 saturated carbocycles. The molecule has 2 aromatic rings. The lowest BCUT2D eigenvalue weighted by molar-refractivity contribution is -0.137. The Balaban J connectivity index is 2.52. The second-order valence-corrected chi connectivity index (χ2v) is 4.54. The molecule has 92 valence electrons. The summed E-state index contributed by atoms with van der Waals surface area (Å²) in [5, 5.41) is 9.47. The van der Waals surface area contributed by atoms with Gasteiger partial charge in [0.1, 0.15) is 5.92 Å². The molecule has 2 rings (SSSR count). The highest BCUT2D eigenvalue weighted by Crippen LogP contribution is 2.28. The van der Waals surface area contributed by atoms with Crippen molar-refractivity contribution < 1.29 is 9.90 Å². The van der Waals surface area contributed by atoms with Crippen molar-refractivity contribution in [3.63, 3.8) is 0 Å².